The minimum absolute atomic E-state index is 0.0235. The van der Waals surface area contributed by atoms with Crippen molar-refractivity contribution in [1.29, 1.82) is 0 Å². The number of sulfonamides is 1. The Bertz CT molecular complexity index is 1290. The molecule has 1 aromatic rings. The Morgan fingerprint density at radius 3 is 2.12 bits per heavy atom. The lowest BCUT2D eigenvalue weighted by Gasteiger charge is -2.08. The molecule has 0 aliphatic heterocycles. The summed E-state index contributed by atoms with van der Waals surface area (Å²) in [6, 6.07) is 15.3. The van der Waals surface area contributed by atoms with Gasteiger partial charge in [0.1, 0.15) is 10.1 Å². The Labute approximate surface area is 201 Å². The van der Waals surface area contributed by atoms with E-state index in [9.17, 15) is 21.4 Å². The number of halogens is 1. The van der Waals surface area contributed by atoms with Gasteiger partial charge >= 0.3 is 0 Å². The number of aryl methyl sites for hydroxylation is 1. The minimum atomic E-state index is -4.60. The number of rotatable bonds is 10. The molecule has 2 aliphatic rings. The largest absolute Gasteiger partial charge is 0.744 e. The first-order valence-electron chi connectivity index (χ1n) is 10.7. The molecule has 0 atom stereocenters. The van der Waals surface area contributed by atoms with Crippen LogP contribution in [0.4, 0.5) is 5.69 Å². The summed E-state index contributed by atoms with van der Waals surface area (Å²) >= 11 is 5.82. The standard InChI is InChI=1S/C24H28ClNO5S2/c1-17(2)18-7-13-22-19(16-24(33(29,30)31)23(22)14-8-18)6-4-3-5-15-32(27,28)26-21-11-9-20(25)10-12-21/h7-14,16-17,26H,3-6,15H2,1-2H3,(H,29,30,31)/p-1. The maximum atomic E-state index is 12.3. The van der Waals surface area contributed by atoms with Gasteiger partial charge < -0.3 is 4.55 Å². The van der Waals surface area contributed by atoms with E-state index < -0.39 is 20.1 Å². The highest BCUT2D eigenvalue weighted by Gasteiger charge is 2.19. The second-order valence-corrected chi connectivity index (χ2v) is 12.0. The molecule has 2 aliphatic carbocycles. The molecule has 0 radical (unpaired) electrons. The maximum absolute atomic E-state index is 12.3. The van der Waals surface area contributed by atoms with Crippen LogP contribution in [0.15, 0.2) is 59.5 Å². The van der Waals surface area contributed by atoms with Crippen molar-refractivity contribution in [2.45, 2.75) is 50.3 Å². The highest BCUT2D eigenvalue weighted by molar-refractivity contribution is 7.92. The number of hydrogen-bond donors (Lipinski definition) is 1. The van der Waals surface area contributed by atoms with E-state index in [4.69, 9.17) is 11.6 Å². The molecular weight excluding hydrogens is 482 g/mol. The predicted octanol–water partition coefficient (Wildman–Crippen LogP) is 5.63. The van der Waals surface area contributed by atoms with Crippen LogP contribution >= 0.6 is 11.6 Å². The second kappa shape index (κ2) is 10.4. The molecule has 0 aromatic heterocycles. The van der Waals surface area contributed by atoms with Gasteiger partial charge in [0.15, 0.2) is 0 Å². The van der Waals surface area contributed by atoms with Crippen LogP contribution in [0.25, 0.3) is 11.1 Å². The Kier molecular flexibility index (Phi) is 8.05. The van der Waals surface area contributed by atoms with Crippen LogP contribution in [-0.4, -0.2) is 27.1 Å². The first kappa shape index (κ1) is 25.5. The minimum Gasteiger partial charge on any atom is -0.744 e. The van der Waals surface area contributed by atoms with Crippen LogP contribution < -0.4 is 4.72 Å². The Hall–Kier alpha value is -2.13. The predicted molar refractivity (Wildman–Crippen MR) is 132 cm³/mol. The van der Waals surface area contributed by atoms with Crippen molar-refractivity contribution in [3.8, 4) is 11.1 Å². The Morgan fingerprint density at radius 1 is 0.879 bits per heavy atom. The first-order valence-corrected chi connectivity index (χ1v) is 14.2. The van der Waals surface area contributed by atoms with Crippen LogP contribution in [0.3, 0.4) is 0 Å². The van der Waals surface area contributed by atoms with Gasteiger partial charge in [0, 0.05) is 10.7 Å². The van der Waals surface area contributed by atoms with E-state index in [-0.39, 0.29) is 16.6 Å². The summed E-state index contributed by atoms with van der Waals surface area (Å²) in [4.78, 5) is -0.201. The van der Waals surface area contributed by atoms with Crippen molar-refractivity contribution >= 4 is 37.4 Å². The van der Waals surface area contributed by atoms with E-state index in [1.807, 2.05) is 32.0 Å². The fourth-order valence-electron chi connectivity index (χ4n) is 3.73. The molecule has 0 spiro atoms. The molecule has 0 heterocycles. The molecule has 178 valence electrons. The zero-order valence-electron chi connectivity index (χ0n) is 18.5. The zero-order valence-corrected chi connectivity index (χ0v) is 20.9. The van der Waals surface area contributed by atoms with Crippen LogP contribution in [0, 0.1) is 0 Å². The highest BCUT2D eigenvalue weighted by Crippen LogP contribution is 2.36. The summed E-state index contributed by atoms with van der Waals surface area (Å²) in [5, 5.41) is 0.528. The number of unbranched alkanes of at least 4 members (excludes halogenated alkanes) is 2. The maximum Gasteiger partial charge on any atom is 0.232 e. The molecule has 0 fully saturated rings. The van der Waals surface area contributed by atoms with E-state index in [2.05, 4.69) is 4.72 Å². The molecule has 33 heavy (non-hydrogen) atoms. The average Bonchev–Trinajstić information content (AvgIpc) is 2.92. The molecule has 9 heteroatoms. The molecule has 0 amide bonds. The van der Waals surface area contributed by atoms with Gasteiger partial charge in [-0.3, -0.25) is 4.72 Å². The zero-order chi connectivity index (χ0) is 24.2. The van der Waals surface area contributed by atoms with Crippen LogP contribution in [0.2, 0.25) is 5.02 Å². The third-order valence-electron chi connectivity index (χ3n) is 5.50. The Balaban J connectivity index is 1.64. The highest BCUT2D eigenvalue weighted by atomic mass is 35.5. The van der Waals surface area contributed by atoms with Gasteiger partial charge in [-0.05, 0) is 77.8 Å². The molecule has 1 aromatic carbocycles. The fraction of sp³-hybridized carbons (Fsp3) is 0.333. The summed E-state index contributed by atoms with van der Waals surface area (Å²) in [6.07, 6.45) is 2.32. The molecule has 3 rings (SSSR count). The van der Waals surface area contributed by atoms with E-state index in [1.165, 1.54) is 6.07 Å². The third kappa shape index (κ3) is 6.93. The second-order valence-electron chi connectivity index (χ2n) is 8.38. The van der Waals surface area contributed by atoms with Crippen molar-refractivity contribution in [2.75, 3.05) is 10.5 Å². The molecule has 6 nitrogen and oxygen atoms in total. The molecule has 0 unspecified atom stereocenters. The third-order valence-corrected chi connectivity index (χ3v) is 8.01. The normalized spacial score (nSPS) is 12.4. The smallest absolute Gasteiger partial charge is 0.232 e. The lowest BCUT2D eigenvalue weighted by Crippen LogP contribution is -2.16. The van der Waals surface area contributed by atoms with Crippen molar-refractivity contribution < 1.29 is 21.4 Å². The fourth-order valence-corrected chi connectivity index (χ4v) is 5.78. The van der Waals surface area contributed by atoms with Crippen molar-refractivity contribution in [1.82, 2.24) is 0 Å². The van der Waals surface area contributed by atoms with E-state index in [0.29, 0.717) is 42.0 Å². The SMILES string of the molecule is CC(C)c1ccc2c(CCCCCS(=O)(=O)Nc3ccc(Cl)cc3)cc(S(=O)(=O)[O-])c-2cc1. The van der Waals surface area contributed by atoms with Crippen LogP contribution in [-0.2, 0) is 26.6 Å². The van der Waals surface area contributed by atoms with Gasteiger partial charge in [-0.2, -0.15) is 0 Å². The molecule has 0 bridgehead atoms. The monoisotopic (exact) mass is 508 g/mol. The van der Waals surface area contributed by atoms with Gasteiger partial charge in [-0.15, -0.1) is 0 Å². The van der Waals surface area contributed by atoms with Crippen LogP contribution in [0.1, 0.15) is 50.2 Å². The number of anilines is 1. The molecule has 0 saturated carbocycles. The first-order chi connectivity index (χ1) is 15.5. The van der Waals surface area contributed by atoms with Crippen molar-refractivity contribution in [2.24, 2.45) is 0 Å². The van der Waals surface area contributed by atoms with Gasteiger partial charge in [0.05, 0.1) is 10.6 Å². The van der Waals surface area contributed by atoms with Crippen molar-refractivity contribution in [3.63, 3.8) is 0 Å². The van der Waals surface area contributed by atoms with Gasteiger partial charge in [-0.25, -0.2) is 16.8 Å². The lowest BCUT2D eigenvalue weighted by molar-refractivity contribution is 0.463. The number of nitrogens with one attached hydrogen (secondary N) is 1. The van der Waals surface area contributed by atoms with Crippen molar-refractivity contribution in [3.05, 3.63) is 70.7 Å². The van der Waals surface area contributed by atoms with Gasteiger partial charge in [0.25, 0.3) is 0 Å². The van der Waals surface area contributed by atoms with E-state index in [0.717, 1.165) is 16.7 Å². The Morgan fingerprint density at radius 2 is 1.52 bits per heavy atom. The number of fused-ring (bicyclic) bond motifs is 1. The lowest BCUT2D eigenvalue weighted by atomic mass is 10.0. The summed E-state index contributed by atoms with van der Waals surface area (Å²) in [5.74, 6) is 0.241. The number of hydrogen-bond acceptors (Lipinski definition) is 5. The summed E-state index contributed by atoms with van der Waals surface area (Å²) in [6.45, 7) is 4.09. The topological polar surface area (TPSA) is 103 Å². The number of benzene rings is 1. The molecule has 0 saturated heterocycles. The molecule has 1 N–H and O–H groups in total. The summed E-state index contributed by atoms with van der Waals surface area (Å²) < 4.78 is 62.5. The van der Waals surface area contributed by atoms with Gasteiger partial charge in [-0.1, -0.05) is 56.1 Å². The van der Waals surface area contributed by atoms with Gasteiger partial charge in [0.2, 0.25) is 10.0 Å². The average molecular weight is 509 g/mol. The van der Waals surface area contributed by atoms with E-state index in [1.54, 1.807) is 30.3 Å². The summed E-state index contributed by atoms with van der Waals surface area (Å²) in [7, 11) is -8.08. The van der Waals surface area contributed by atoms with Crippen LogP contribution in [0.5, 0.6) is 0 Å². The quantitative estimate of drug-likeness (QED) is 0.282. The van der Waals surface area contributed by atoms with E-state index >= 15 is 0 Å². The molecular formula is C24H27ClNO5S2-. The summed E-state index contributed by atoms with van der Waals surface area (Å²) in [5.41, 5.74) is 3.47.